The lowest BCUT2D eigenvalue weighted by atomic mass is 10.1. The van der Waals surface area contributed by atoms with Crippen LogP contribution in [0.1, 0.15) is 58.3 Å². The average Bonchev–Trinajstić information content (AvgIpc) is 2.34. The van der Waals surface area contributed by atoms with E-state index < -0.39 is 5.97 Å². The monoisotopic (exact) mass is 250 g/mol. The molecular formula is C16H26O2. The summed E-state index contributed by atoms with van der Waals surface area (Å²) < 4.78 is 0. The maximum Gasteiger partial charge on any atom is 0.303 e. The van der Waals surface area contributed by atoms with E-state index in [1.54, 1.807) is 0 Å². The number of hydrogen-bond acceptors (Lipinski definition) is 1. The van der Waals surface area contributed by atoms with Gasteiger partial charge in [-0.25, -0.2) is 0 Å². The Balaban J connectivity index is 3.27. The van der Waals surface area contributed by atoms with Gasteiger partial charge < -0.3 is 5.11 Å². The number of hydrogen-bond donors (Lipinski definition) is 1. The third kappa shape index (κ3) is 14.7. The first kappa shape index (κ1) is 16.7. The highest BCUT2D eigenvalue weighted by Crippen LogP contribution is 2.03. The summed E-state index contributed by atoms with van der Waals surface area (Å²) in [5.41, 5.74) is 0. The molecule has 0 aliphatic carbocycles. The van der Waals surface area contributed by atoms with Crippen molar-refractivity contribution in [2.75, 3.05) is 0 Å². The predicted octanol–water partition coefficient (Wildman–Crippen LogP) is 4.88. The van der Waals surface area contributed by atoms with Gasteiger partial charge in [-0.2, -0.15) is 0 Å². The Bertz CT molecular complexity index is 275. The lowest BCUT2D eigenvalue weighted by Crippen LogP contribution is -1.91. The van der Waals surface area contributed by atoms with Gasteiger partial charge in [0.05, 0.1) is 0 Å². The second-order valence-electron chi connectivity index (χ2n) is 4.28. The van der Waals surface area contributed by atoms with E-state index in [1.165, 1.54) is 19.3 Å². The second-order valence-corrected chi connectivity index (χ2v) is 4.28. The van der Waals surface area contributed by atoms with Crippen molar-refractivity contribution in [1.82, 2.24) is 0 Å². The number of unbranched alkanes of at least 4 members (excludes halogenated alkanes) is 3. The summed E-state index contributed by atoms with van der Waals surface area (Å²) in [7, 11) is 0. The Hall–Kier alpha value is -1.31. The molecule has 0 aromatic rings. The zero-order valence-corrected chi connectivity index (χ0v) is 11.5. The van der Waals surface area contributed by atoms with Crippen molar-refractivity contribution >= 4 is 5.97 Å². The van der Waals surface area contributed by atoms with Crippen LogP contribution in [0.3, 0.4) is 0 Å². The Morgan fingerprint density at radius 2 is 1.44 bits per heavy atom. The van der Waals surface area contributed by atoms with E-state index in [1.807, 2.05) is 12.2 Å². The van der Waals surface area contributed by atoms with Crippen LogP contribution in [0.5, 0.6) is 0 Å². The number of rotatable bonds is 11. The van der Waals surface area contributed by atoms with Gasteiger partial charge in [-0.05, 0) is 44.9 Å². The molecule has 0 aliphatic heterocycles. The minimum absolute atomic E-state index is 0.228. The van der Waals surface area contributed by atoms with Crippen LogP contribution >= 0.6 is 0 Å². The minimum atomic E-state index is -0.729. The van der Waals surface area contributed by atoms with Crippen LogP contribution in [0.25, 0.3) is 0 Å². The summed E-state index contributed by atoms with van der Waals surface area (Å²) >= 11 is 0. The summed E-state index contributed by atoms with van der Waals surface area (Å²) in [6.45, 7) is 2.16. The molecule has 0 bridgehead atoms. The lowest BCUT2D eigenvalue weighted by Gasteiger charge is -1.92. The molecule has 0 aliphatic rings. The van der Waals surface area contributed by atoms with Gasteiger partial charge >= 0.3 is 5.97 Å². The molecule has 2 heteroatoms. The van der Waals surface area contributed by atoms with Gasteiger partial charge in [-0.15, -0.1) is 0 Å². The van der Waals surface area contributed by atoms with Gasteiger partial charge in [-0.1, -0.05) is 43.4 Å². The Kier molecular flexibility index (Phi) is 12.8. The van der Waals surface area contributed by atoms with Crippen molar-refractivity contribution in [2.24, 2.45) is 0 Å². The van der Waals surface area contributed by atoms with Crippen molar-refractivity contribution in [2.45, 2.75) is 58.3 Å². The van der Waals surface area contributed by atoms with Crippen LogP contribution in [0.2, 0.25) is 0 Å². The van der Waals surface area contributed by atoms with Gasteiger partial charge in [0.25, 0.3) is 0 Å². The van der Waals surface area contributed by atoms with Crippen molar-refractivity contribution in [3.05, 3.63) is 36.5 Å². The number of aliphatic carboxylic acids is 1. The van der Waals surface area contributed by atoms with Crippen LogP contribution in [-0.4, -0.2) is 11.1 Å². The highest BCUT2D eigenvalue weighted by molar-refractivity contribution is 5.66. The minimum Gasteiger partial charge on any atom is -0.481 e. The fraction of sp³-hybridized carbons (Fsp3) is 0.562. The highest BCUT2D eigenvalue weighted by atomic mass is 16.4. The van der Waals surface area contributed by atoms with E-state index in [-0.39, 0.29) is 6.42 Å². The summed E-state index contributed by atoms with van der Waals surface area (Å²) in [5, 5.41) is 8.44. The molecule has 0 saturated carbocycles. The molecule has 0 fully saturated rings. The first-order valence-electron chi connectivity index (χ1n) is 6.94. The zero-order valence-electron chi connectivity index (χ0n) is 11.5. The fourth-order valence-electron chi connectivity index (χ4n) is 1.52. The average molecular weight is 250 g/mol. The third-order valence-corrected chi connectivity index (χ3v) is 2.52. The molecule has 102 valence electrons. The zero-order chi connectivity index (χ0) is 13.5. The van der Waals surface area contributed by atoms with Crippen molar-refractivity contribution in [3.8, 4) is 0 Å². The van der Waals surface area contributed by atoms with Crippen LogP contribution in [0.15, 0.2) is 36.5 Å². The van der Waals surface area contributed by atoms with Crippen molar-refractivity contribution in [3.63, 3.8) is 0 Å². The first-order chi connectivity index (χ1) is 8.77. The van der Waals surface area contributed by atoms with E-state index in [2.05, 4.69) is 31.2 Å². The number of carboxylic acid groups (broad SMARTS) is 1. The molecule has 2 nitrogen and oxygen atoms in total. The first-order valence-corrected chi connectivity index (χ1v) is 6.94. The molecule has 0 aromatic carbocycles. The molecule has 0 aromatic heterocycles. The van der Waals surface area contributed by atoms with Gasteiger partial charge in [0, 0.05) is 6.42 Å². The molecule has 0 saturated heterocycles. The molecule has 0 spiro atoms. The van der Waals surface area contributed by atoms with E-state index in [9.17, 15) is 4.79 Å². The number of allylic oxidation sites excluding steroid dienone is 6. The van der Waals surface area contributed by atoms with Crippen LogP contribution < -0.4 is 0 Å². The summed E-state index contributed by atoms with van der Waals surface area (Å²) in [5.74, 6) is -0.729. The second kappa shape index (κ2) is 13.8. The van der Waals surface area contributed by atoms with Crippen LogP contribution in [0, 0.1) is 0 Å². The quantitative estimate of drug-likeness (QED) is 0.419. The number of carboxylic acids is 1. The molecule has 0 radical (unpaired) electrons. The predicted molar refractivity (Wildman–Crippen MR) is 77.7 cm³/mol. The van der Waals surface area contributed by atoms with Gasteiger partial charge in [0.1, 0.15) is 0 Å². The molecule has 1 N–H and O–H groups in total. The lowest BCUT2D eigenvalue weighted by molar-refractivity contribution is -0.136. The van der Waals surface area contributed by atoms with Crippen LogP contribution in [-0.2, 0) is 4.79 Å². The molecule has 0 unspecified atom stereocenters. The van der Waals surface area contributed by atoms with Crippen molar-refractivity contribution in [1.29, 1.82) is 0 Å². The van der Waals surface area contributed by atoms with Gasteiger partial charge in [0.15, 0.2) is 0 Å². The molecule has 0 amide bonds. The fourth-order valence-corrected chi connectivity index (χ4v) is 1.52. The van der Waals surface area contributed by atoms with E-state index in [4.69, 9.17) is 5.11 Å². The largest absolute Gasteiger partial charge is 0.481 e. The summed E-state index contributed by atoms with van der Waals surface area (Å²) in [4.78, 5) is 10.2. The topological polar surface area (TPSA) is 37.3 Å². The van der Waals surface area contributed by atoms with Gasteiger partial charge in [-0.3, -0.25) is 4.79 Å². The van der Waals surface area contributed by atoms with Crippen LogP contribution in [0.4, 0.5) is 0 Å². The van der Waals surface area contributed by atoms with E-state index >= 15 is 0 Å². The van der Waals surface area contributed by atoms with Crippen molar-refractivity contribution < 1.29 is 9.90 Å². The molecular weight excluding hydrogens is 224 g/mol. The maximum atomic E-state index is 10.2. The Morgan fingerprint density at radius 3 is 2.00 bits per heavy atom. The Morgan fingerprint density at radius 1 is 0.889 bits per heavy atom. The molecule has 0 heterocycles. The number of carbonyl (C=O) groups is 1. The molecule has 0 rings (SSSR count). The highest BCUT2D eigenvalue weighted by Gasteiger charge is 1.90. The molecule has 0 atom stereocenters. The summed E-state index contributed by atoms with van der Waals surface area (Å²) in [6, 6.07) is 0. The standard InChI is InChI=1S/C16H26O2/c1-2-3-4-5-6-7-8-9-10-11-12-13-14-15-16(17)18/h3-4,9-10,12-13H,2,5-8,11,14-15H2,1H3,(H,17,18)/b4-3+,10-9+,13-12+. The van der Waals surface area contributed by atoms with E-state index in [0.717, 1.165) is 19.3 Å². The smallest absolute Gasteiger partial charge is 0.303 e. The van der Waals surface area contributed by atoms with Gasteiger partial charge in [0.2, 0.25) is 0 Å². The van der Waals surface area contributed by atoms with E-state index in [0.29, 0.717) is 6.42 Å². The molecule has 18 heavy (non-hydrogen) atoms. The normalized spacial score (nSPS) is 12.1. The summed E-state index contributed by atoms with van der Waals surface area (Å²) in [6.07, 6.45) is 20.6. The SMILES string of the molecule is CC/C=C/CCCC/C=C/C/C=C/CCC(=O)O. The third-order valence-electron chi connectivity index (χ3n) is 2.52. The maximum absolute atomic E-state index is 10.2. The Labute approximate surface area is 111 Å².